The summed E-state index contributed by atoms with van der Waals surface area (Å²) in [4.78, 5) is 25.0. The lowest BCUT2D eigenvalue weighted by Crippen LogP contribution is -2.04. The summed E-state index contributed by atoms with van der Waals surface area (Å²) >= 11 is 0. The molecule has 0 unspecified atom stereocenters. The van der Waals surface area contributed by atoms with Gasteiger partial charge in [0, 0.05) is 44.6 Å². The van der Waals surface area contributed by atoms with Crippen LogP contribution in [-0.4, -0.2) is 15.8 Å². The molecule has 3 nitrogen and oxygen atoms in total. The molecule has 0 fully saturated rings. The molecule has 0 saturated carbocycles. The molecule has 4 aromatic carbocycles. The summed E-state index contributed by atoms with van der Waals surface area (Å²) in [5.41, 5.74) is 4.37. The molecule has 0 aliphatic carbocycles. The third-order valence-electron chi connectivity index (χ3n) is 5.16. The van der Waals surface area contributed by atoms with Crippen LogP contribution in [0.1, 0.15) is 43.0 Å². The smallest absolute Gasteiger partial charge is 0.193 e. The van der Waals surface area contributed by atoms with Gasteiger partial charge in [-0.1, -0.05) is 109 Å². The normalized spacial score (nSPS) is 10.8. The maximum absolute atomic E-state index is 12.6. The summed E-state index contributed by atoms with van der Waals surface area (Å²) in [7, 11) is -1.10. The summed E-state index contributed by atoms with van der Waals surface area (Å²) in [6.45, 7) is 0. The van der Waals surface area contributed by atoms with E-state index < -0.39 is 10.8 Å². The predicted molar refractivity (Wildman–Crippen MR) is 128 cm³/mol. The molecule has 0 aliphatic rings. The van der Waals surface area contributed by atoms with Gasteiger partial charge in [-0.15, -0.1) is 0 Å². The van der Waals surface area contributed by atoms with Crippen molar-refractivity contribution in [3.05, 3.63) is 143 Å². The van der Waals surface area contributed by atoms with Crippen LogP contribution in [0.15, 0.2) is 109 Å². The van der Waals surface area contributed by atoms with Gasteiger partial charge in [0.25, 0.3) is 0 Å². The maximum atomic E-state index is 12.6. The van der Waals surface area contributed by atoms with E-state index in [0.29, 0.717) is 33.8 Å². The highest BCUT2D eigenvalue weighted by Crippen LogP contribution is 2.15. The number of hydrogen-bond acceptors (Lipinski definition) is 3. The molecular formula is C28H22O3S. The van der Waals surface area contributed by atoms with Crippen LogP contribution in [0, 0.1) is 0 Å². The van der Waals surface area contributed by atoms with Crippen molar-refractivity contribution in [1.29, 1.82) is 0 Å². The monoisotopic (exact) mass is 438 g/mol. The zero-order valence-electron chi connectivity index (χ0n) is 17.4. The summed E-state index contributed by atoms with van der Waals surface area (Å²) < 4.78 is 12.6. The topological polar surface area (TPSA) is 51.2 Å². The highest BCUT2D eigenvalue weighted by atomic mass is 32.2. The zero-order chi connectivity index (χ0) is 22.3. The Labute approximate surface area is 190 Å². The van der Waals surface area contributed by atoms with Gasteiger partial charge in [0.05, 0.1) is 0 Å². The number of ketones is 2. The van der Waals surface area contributed by atoms with E-state index in [9.17, 15) is 13.8 Å². The van der Waals surface area contributed by atoms with Crippen molar-refractivity contribution >= 4 is 22.4 Å². The average molecular weight is 439 g/mol. The van der Waals surface area contributed by atoms with Gasteiger partial charge in [0.15, 0.2) is 11.6 Å². The maximum Gasteiger partial charge on any atom is 0.193 e. The van der Waals surface area contributed by atoms with Gasteiger partial charge < -0.3 is 0 Å². The molecule has 0 spiro atoms. The molecule has 0 saturated heterocycles. The molecule has 0 aromatic heterocycles. The Morgan fingerprint density at radius 1 is 0.469 bits per heavy atom. The van der Waals surface area contributed by atoms with E-state index >= 15 is 0 Å². The Morgan fingerprint density at radius 2 is 0.781 bits per heavy atom. The van der Waals surface area contributed by atoms with Crippen LogP contribution < -0.4 is 0 Å². The van der Waals surface area contributed by atoms with Gasteiger partial charge in [-0.25, -0.2) is 0 Å². The SMILES string of the molecule is O=C(c1ccccc1)c1ccc(CS(=O)Cc2ccc(C(=O)c3ccccc3)cc2)cc1. The second-order valence-corrected chi connectivity index (χ2v) is 8.97. The molecule has 0 heterocycles. The van der Waals surface area contributed by atoms with E-state index in [1.807, 2.05) is 60.7 Å². The van der Waals surface area contributed by atoms with Crippen LogP contribution in [-0.2, 0) is 22.3 Å². The number of rotatable bonds is 8. The fourth-order valence-corrected chi connectivity index (χ4v) is 4.67. The summed E-state index contributed by atoms with van der Waals surface area (Å²) in [5, 5.41) is 0. The van der Waals surface area contributed by atoms with E-state index in [-0.39, 0.29) is 11.6 Å². The molecule has 0 N–H and O–H groups in total. The van der Waals surface area contributed by atoms with Gasteiger partial charge in [-0.05, 0) is 11.1 Å². The molecule has 0 aliphatic heterocycles. The lowest BCUT2D eigenvalue weighted by molar-refractivity contribution is 0.103. The molecule has 158 valence electrons. The first kappa shape index (κ1) is 21.6. The molecule has 4 rings (SSSR count). The Kier molecular flexibility index (Phi) is 6.83. The third kappa shape index (κ3) is 5.34. The van der Waals surface area contributed by atoms with E-state index in [0.717, 1.165) is 11.1 Å². The minimum Gasteiger partial charge on any atom is -0.289 e. The molecule has 0 bridgehead atoms. The van der Waals surface area contributed by atoms with E-state index in [1.54, 1.807) is 48.5 Å². The van der Waals surface area contributed by atoms with Crippen molar-refractivity contribution in [3.8, 4) is 0 Å². The van der Waals surface area contributed by atoms with Crippen LogP contribution in [0.4, 0.5) is 0 Å². The Balaban J connectivity index is 1.35. The first-order valence-electron chi connectivity index (χ1n) is 10.3. The van der Waals surface area contributed by atoms with Crippen LogP contribution >= 0.6 is 0 Å². The lowest BCUT2D eigenvalue weighted by Gasteiger charge is -2.06. The van der Waals surface area contributed by atoms with Gasteiger partial charge in [0.2, 0.25) is 0 Å². The number of benzene rings is 4. The average Bonchev–Trinajstić information content (AvgIpc) is 2.85. The first-order chi connectivity index (χ1) is 15.6. The van der Waals surface area contributed by atoms with Crippen LogP contribution in [0.2, 0.25) is 0 Å². The van der Waals surface area contributed by atoms with Gasteiger partial charge in [-0.3, -0.25) is 13.8 Å². The van der Waals surface area contributed by atoms with Crippen molar-refractivity contribution < 1.29 is 13.8 Å². The Bertz CT molecular complexity index is 1130. The van der Waals surface area contributed by atoms with Gasteiger partial charge in [0.1, 0.15) is 0 Å². The van der Waals surface area contributed by atoms with Crippen molar-refractivity contribution in [3.63, 3.8) is 0 Å². The number of carbonyl (C=O) groups is 2. The molecule has 4 heteroatoms. The highest BCUT2D eigenvalue weighted by molar-refractivity contribution is 7.83. The fourth-order valence-electron chi connectivity index (χ4n) is 3.44. The largest absolute Gasteiger partial charge is 0.289 e. The minimum atomic E-state index is -1.10. The minimum absolute atomic E-state index is 0.0246. The molecular weight excluding hydrogens is 416 g/mol. The summed E-state index contributed by atoms with van der Waals surface area (Å²) in [5.74, 6) is 0.765. The van der Waals surface area contributed by atoms with Crippen LogP contribution in [0.5, 0.6) is 0 Å². The molecule has 0 radical (unpaired) electrons. The van der Waals surface area contributed by atoms with Gasteiger partial charge in [-0.2, -0.15) is 0 Å². The highest BCUT2D eigenvalue weighted by Gasteiger charge is 2.11. The van der Waals surface area contributed by atoms with E-state index in [1.165, 1.54) is 0 Å². The lowest BCUT2D eigenvalue weighted by atomic mass is 10.0. The Morgan fingerprint density at radius 3 is 1.12 bits per heavy atom. The standard InChI is InChI=1S/C28H22O3S/c29-27(23-7-3-1-4-8-23)25-15-11-21(12-16-25)19-32(31)20-22-13-17-26(18-14-22)28(30)24-9-5-2-6-10-24/h1-18H,19-20H2. The van der Waals surface area contributed by atoms with Crippen LogP contribution in [0.25, 0.3) is 0 Å². The predicted octanol–water partition coefficient (Wildman–Crippen LogP) is 5.60. The third-order valence-corrected chi connectivity index (χ3v) is 6.47. The zero-order valence-corrected chi connectivity index (χ0v) is 18.3. The van der Waals surface area contributed by atoms with Crippen molar-refractivity contribution in [2.75, 3.05) is 0 Å². The molecule has 32 heavy (non-hydrogen) atoms. The van der Waals surface area contributed by atoms with Crippen LogP contribution in [0.3, 0.4) is 0 Å². The molecule has 4 aromatic rings. The Hall–Kier alpha value is -3.63. The molecule has 0 atom stereocenters. The van der Waals surface area contributed by atoms with Crippen molar-refractivity contribution in [2.45, 2.75) is 11.5 Å². The van der Waals surface area contributed by atoms with Crippen molar-refractivity contribution in [1.82, 2.24) is 0 Å². The first-order valence-corrected chi connectivity index (χ1v) is 11.8. The number of carbonyl (C=O) groups excluding carboxylic acids is 2. The van der Waals surface area contributed by atoms with Gasteiger partial charge >= 0.3 is 0 Å². The second-order valence-electron chi connectivity index (χ2n) is 7.51. The van der Waals surface area contributed by atoms with Crippen molar-refractivity contribution in [2.24, 2.45) is 0 Å². The summed E-state index contributed by atoms with van der Waals surface area (Å²) in [6.07, 6.45) is 0. The van der Waals surface area contributed by atoms with E-state index in [2.05, 4.69) is 0 Å². The molecule has 0 amide bonds. The fraction of sp³-hybridized carbons (Fsp3) is 0.0714. The van der Waals surface area contributed by atoms with E-state index in [4.69, 9.17) is 0 Å². The second kappa shape index (κ2) is 10.1. The quantitative estimate of drug-likeness (QED) is 0.337. The summed E-state index contributed by atoms with van der Waals surface area (Å²) in [6, 6.07) is 32.9. The number of hydrogen-bond donors (Lipinski definition) is 0.